The van der Waals surface area contributed by atoms with Gasteiger partial charge >= 0.3 is 5.97 Å². The fourth-order valence-electron chi connectivity index (χ4n) is 0.842. The van der Waals surface area contributed by atoms with Crippen LogP contribution in [0.1, 0.15) is 23.1 Å². The second-order valence-electron chi connectivity index (χ2n) is 2.38. The van der Waals surface area contributed by atoms with Gasteiger partial charge in [0.2, 0.25) is 5.28 Å². The van der Waals surface area contributed by atoms with Crippen molar-refractivity contribution in [1.29, 1.82) is 0 Å². The summed E-state index contributed by atoms with van der Waals surface area (Å²) in [7, 11) is 0. The summed E-state index contributed by atoms with van der Waals surface area (Å²) in [6.45, 7) is 3.78. The molecular formula is C8H9ClN2O2. The van der Waals surface area contributed by atoms with E-state index in [1.165, 1.54) is 6.07 Å². The normalized spacial score (nSPS) is 9.77. The number of hydrogen-bond donors (Lipinski definition) is 0. The van der Waals surface area contributed by atoms with Crippen LogP contribution >= 0.6 is 11.6 Å². The topological polar surface area (TPSA) is 52.1 Å². The Morgan fingerprint density at radius 2 is 2.31 bits per heavy atom. The molecule has 0 aliphatic rings. The van der Waals surface area contributed by atoms with Gasteiger partial charge in [0.05, 0.1) is 6.61 Å². The summed E-state index contributed by atoms with van der Waals surface area (Å²) in [6.07, 6.45) is 0. The third kappa shape index (κ3) is 2.66. The molecule has 5 heteroatoms. The van der Waals surface area contributed by atoms with Crippen molar-refractivity contribution >= 4 is 17.6 Å². The van der Waals surface area contributed by atoms with E-state index in [0.717, 1.165) is 0 Å². The molecule has 0 saturated carbocycles. The number of carbonyl (C=O) groups is 1. The van der Waals surface area contributed by atoms with Gasteiger partial charge in [0.25, 0.3) is 0 Å². The monoisotopic (exact) mass is 200 g/mol. The molecule has 1 heterocycles. The first kappa shape index (κ1) is 9.92. The number of esters is 1. The molecule has 0 spiro atoms. The minimum Gasteiger partial charge on any atom is -0.461 e. The van der Waals surface area contributed by atoms with E-state index in [1.54, 1.807) is 13.8 Å². The third-order valence-electron chi connectivity index (χ3n) is 1.31. The van der Waals surface area contributed by atoms with Gasteiger partial charge in [-0.25, -0.2) is 14.8 Å². The number of rotatable bonds is 2. The average Bonchev–Trinajstić information content (AvgIpc) is 2.03. The summed E-state index contributed by atoms with van der Waals surface area (Å²) in [5.41, 5.74) is 0.836. The van der Waals surface area contributed by atoms with E-state index >= 15 is 0 Å². The van der Waals surface area contributed by atoms with Crippen LogP contribution in [-0.4, -0.2) is 22.5 Å². The largest absolute Gasteiger partial charge is 0.461 e. The van der Waals surface area contributed by atoms with E-state index in [1.807, 2.05) is 0 Å². The highest BCUT2D eigenvalue weighted by atomic mass is 35.5. The molecule has 1 rings (SSSR count). The lowest BCUT2D eigenvalue weighted by Crippen LogP contribution is -2.08. The van der Waals surface area contributed by atoms with Crippen LogP contribution in [0.5, 0.6) is 0 Å². The molecule has 0 bridgehead atoms. The van der Waals surface area contributed by atoms with Crippen LogP contribution in [0, 0.1) is 6.92 Å². The van der Waals surface area contributed by atoms with E-state index in [9.17, 15) is 4.79 Å². The Morgan fingerprint density at radius 1 is 1.62 bits per heavy atom. The lowest BCUT2D eigenvalue weighted by atomic mass is 10.3. The lowest BCUT2D eigenvalue weighted by Gasteiger charge is -2.01. The Labute approximate surface area is 80.9 Å². The first-order chi connectivity index (χ1) is 6.13. The van der Waals surface area contributed by atoms with Gasteiger partial charge in [-0.3, -0.25) is 0 Å². The van der Waals surface area contributed by atoms with E-state index < -0.39 is 5.97 Å². The van der Waals surface area contributed by atoms with Gasteiger partial charge in [0.1, 0.15) is 0 Å². The molecular weight excluding hydrogens is 192 g/mol. The number of nitrogens with zero attached hydrogens (tertiary/aromatic N) is 2. The molecule has 0 aliphatic heterocycles. The van der Waals surface area contributed by atoms with Crippen molar-refractivity contribution in [3.8, 4) is 0 Å². The fraction of sp³-hybridized carbons (Fsp3) is 0.375. The van der Waals surface area contributed by atoms with Crippen molar-refractivity contribution in [3.63, 3.8) is 0 Å². The molecule has 13 heavy (non-hydrogen) atoms. The maximum atomic E-state index is 11.2. The molecule has 4 nitrogen and oxygen atoms in total. The van der Waals surface area contributed by atoms with Crippen molar-refractivity contribution in [2.45, 2.75) is 13.8 Å². The number of aryl methyl sites for hydroxylation is 1. The Kier molecular flexibility index (Phi) is 3.19. The first-order valence-corrected chi connectivity index (χ1v) is 4.19. The van der Waals surface area contributed by atoms with Crippen LogP contribution in [-0.2, 0) is 4.74 Å². The van der Waals surface area contributed by atoms with E-state index in [2.05, 4.69) is 9.97 Å². The summed E-state index contributed by atoms with van der Waals surface area (Å²) >= 11 is 5.56. The number of hydrogen-bond acceptors (Lipinski definition) is 4. The van der Waals surface area contributed by atoms with Gasteiger partial charge in [-0.05, 0) is 31.5 Å². The molecule has 1 aromatic heterocycles. The summed E-state index contributed by atoms with van der Waals surface area (Å²) < 4.78 is 4.75. The first-order valence-electron chi connectivity index (χ1n) is 3.81. The Bertz CT molecular complexity index is 308. The lowest BCUT2D eigenvalue weighted by molar-refractivity contribution is 0.0519. The Balaban J connectivity index is 2.94. The predicted octanol–water partition coefficient (Wildman–Crippen LogP) is 1.62. The van der Waals surface area contributed by atoms with Crippen LogP contribution in [0.15, 0.2) is 6.07 Å². The molecule has 0 unspecified atom stereocenters. The van der Waals surface area contributed by atoms with Gasteiger partial charge in [-0.1, -0.05) is 0 Å². The molecule has 0 fully saturated rings. The summed E-state index contributed by atoms with van der Waals surface area (Å²) in [5.74, 6) is -0.477. The molecule has 0 aromatic carbocycles. The zero-order chi connectivity index (χ0) is 9.84. The van der Waals surface area contributed by atoms with Crippen molar-refractivity contribution in [1.82, 2.24) is 9.97 Å². The molecule has 0 atom stereocenters. The molecule has 1 aromatic rings. The second kappa shape index (κ2) is 4.18. The van der Waals surface area contributed by atoms with Crippen molar-refractivity contribution in [2.24, 2.45) is 0 Å². The number of ether oxygens (including phenoxy) is 1. The molecule has 0 saturated heterocycles. The van der Waals surface area contributed by atoms with Crippen molar-refractivity contribution in [3.05, 3.63) is 22.7 Å². The fourth-order valence-corrected chi connectivity index (χ4v) is 1.07. The molecule has 0 radical (unpaired) electrons. The standard InChI is InChI=1S/C8H9ClN2O2/c1-3-13-7(12)6-4-5(2)10-8(9)11-6/h4H,3H2,1-2H3. The third-order valence-corrected chi connectivity index (χ3v) is 1.48. The van der Waals surface area contributed by atoms with E-state index in [0.29, 0.717) is 12.3 Å². The Morgan fingerprint density at radius 3 is 2.85 bits per heavy atom. The number of aromatic nitrogens is 2. The summed E-state index contributed by atoms with van der Waals surface area (Å²) in [5, 5.41) is 0.0584. The van der Waals surface area contributed by atoms with Crippen LogP contribution in [0.3, 0.4) is 0 Å². The zero-order valence-electron chi connectivity index (χ0n) is 7.37. The predicted molar refractivity (Wildman–Crippen MR) is 47.7 cm³/mol. The Hall–Kier alpha value is -1.16. The van der Waals surface area contributed by atoms with Crippen LogP contribution < -0.4 is 0 Å². The van der Waals surface area contributed by atoms with Gasteiger partial charge in [-0.15, -0.1) is 0 Å². The number of carbonyl (C=O) groups excluding carboxylic acids is 1. The van der Waals surface area contributed by atoms with Crippen LogP contribution in [0.2, 0.25) is 5.28 Å². The van der Waals surface area contributed by atoms with E-state index in [4.69, 9.17) is 16.3 Å². The highest BCUT2D eigenvalue weighted by Gasteiger charge is 2.09. The maximum absolute atomic E-state index is 11.2. The zero-order valence-corrected chi connectivity index (χ0v) is 8.13. The molecule has 0 amide bonds. The smallest absolute Gasteiger partial charge is 0.357 e. The minimum atomic E-state index is -0.477. The van der Waals surface area contributed by atoms with Gasteiger partial charge in [-0.2, -0.15) is 0 Å². The van der Waals surface area contributed by atoms with Crippen LogP contribution in [0.25, 0.3) is 0 Å². The quantitative estimate of drug-likeness (QED) is 0.538. The van der Waals surface area contributed by atoms with Gasteiger partial charge < -0.3 is 4.74 Å². The molecule has 0 aliphatic carbocycles. The van der Waals surface area contributed by atoms with Gasteiger partial charge in [0.15, 0.2) is 5.69 Å². The SMILES string of the molecule is CCOC(=O)c1cc(C)nc(Cl)n1. The van der Waals surface area contributed by atoms with Crippen molar-refractivity contribution < 1.29 is 9.53 Å². The summed E-state index contributed by atoms with van der Waals surface area (Å²) in [6, 6.07) is 1.53. The van der Waals surface area contributed by atoms with E-state index in [-0.39, 0.29) is 11.0 Å². The number of halogens is 1. The highest BCUT2D eigenvalue weighted by molar-refractivity contribution is 6.28. The van der Waals surface area contributed by atoms with Crippen molar-refractivity contribution in [2.75, 3.05) is 6.61 Å². The molecule has 0 N–H and O–H groups in total. The minimum absolute atomic E-state index is 0.0584. The second-order valence-corrected chi connectivity index (χ2v) is 2.72. The summed E-state index contributed by atoms with van der Waals surface area (Å²) in [4.78, 5) is 18.7. The average molecular weight is 201 g/mol. The van der Waals surface area contributed by atoms with Gasteiger partial charge in [0, 0.05) is 5.69 Å². The molecule has 70 valence electrons. The maximum Gasteiger partial charge on any atom is 0.357 e. The van der Waals surface area contributed by atoms with Crippen LogP contribution in [0.4, 0.5) is 0 Å². The highest BCUT2D eigenvalue weighted by Crippen LogP contribution is 2.06.